The van der Waals surface area contributed by atoms with Crippen LogP contribution in [0.2, 0.25) is 0 Å². The number of hydrogen-bond acceptors (Lipinski definition) is 5. The first kappa shape index (κ1) is 16.2. The number of benzene rings is 1. The first-order chi connectivity index (χ1) is 11.5. The number of nitrogens with zero attached hydrogens (tertiary/aromatic N) is 2. The van der Waals surface area contributed by atoms with Crippen LogP contribution in [0.4, 0.5) is 0 Å². The minimum atomic E-state index is -0.983. The topological polar surface area (TPSA) is 105 Å². The van der Waals surface area contributed by atoms with Gasteiger partial charge in [-0.15, -0.1) is 0 Å². The van der Waals surface area contributed by atoms with E-state index in [4.69, 9.17) is 9.63 Å². The van der Waals surface area contributed by atoms with E-state index >= 15 is 0 Å². The molecule has 0 bridgehead atoms. The molecule has 7 heteroatoms. The molecule has 1 aromatic carbocycles. The smallest absolute Gasteiger partial charge is 0.335 e. The number of rotatable bonds is 5. The molecule has 2 N–H and O–H groups in total. The number of carbonyl (C=O) groups is 2. The second-order valence-corrected chi connectivity index (χ2v) is 6.15. The van der Waals surface area contributed by atoms with Crippen molar-refractivity contribution in [3.63, 3.8) is 0 Å². The number of nitrogens with one attached hydrogen (secondary N) is 1. The average molecular weight is 329 g/mol. The van der Waals surface area contributed by atoms with Gasteiger partial charge in [0.15, 0.2) is 5.82 Å². The monoisotopic (exact) mass is 329 g/mol. The van der Waals surface area contributed by atoms with E-state index in [1.54, 1.807) is 19.1 Å². The number of amides is 1. The quantitative estimate of drug-likeness (QED) is 0.871. The molecule has 0 unspecified atom stereocenters. The highest BCUT2D eigenvalue weighted by Crippen LogP contribution is 2.37. The number of aryl methyl sites for hydroxylation is 1. The summed E-state index contributed by atoms with van der Waals surface area (Å²) in [5.74, 6) is -0.104. The van der Waals surface area contributed by atoms with Crippen molar-refractivity contribution in [3.8, 4) is 0 Å². The zero-order chi connectivity index (χ0) is 17.2. The molecule has 126 valence electrons. The summed E-state index contributed by atoms with van der Waals surface area (Å²) in [4.78, 5) is 27.6. The van der Waals surface area contributed by atoms with Crippen molar-refractivity contribution in [2.45, 2.75) is 44.6 Å². The zero-order valence-electron chi connectivity index (χ0n) is 13.4. The average Bonchev–Trinajstić information content (AvgIpc) is 3.17. The van der Waals surface area contributed by atoms with E-state index in [-0.39, 0.29) is 17.9 Å². The predicted molar refractivity (Wildman–Crippen MR) is 84.4 cm³/mol. The number of carbonyl (C=O) groups excluding carboxylic acids is 1. The highest BCUT2D eigenvalue weighted by atomic mass is 16.5. The predicted octanol–water partition coefficient (Wildman–Crippen LogP) is 2.20. The lowest BCUT2D eigenvalue weighted by molar-refractivity contribution is -0.122. The van der Waals surface area contributed by atoms with Crippen molar-refractivity contribution >= 4 is 11.9 Å². The molecular weight excluding hydrogens is 310 g/mol. The third-order valence-corrected chi connectivity index (χ3v) is 4.36. The maximum atomic E-state index is 12.5. The molecule has 7 nitrogen and oxygen atoms in total. The van der Waals surface area contributed by atoms with Crippen LogP contribution >= 0.6 is 0 Å². The van der Waals surface area contributed by atoms with Crippen molar-refractivity contribution in [3.05, 3.63) is 47.1 Å². The lowest BCUT2D eigenvalue weighted by Gasteiger charge is -2.26. The largest absolute Gasteiger partial charge is 0.478 e. The van der Waals surface area contributed by atoms with Crippen LogP contribution in [0.15, 0.2) is 28.8 Å². The van der Waals surface area contributed by atoms with E-state index < -0.39 is 11.5 Å². The van der Waals surface area contributed by atoms with Crippen LogP contribution in [0.1, 0.15) is 53.3 Å². The molecule has 0 saturated heterocycles. The SMILES string of the molecule is Cc1nc(C2(NC(=O)Cc3ccc(C(=O)O)cc3)CCCC2)no1. The van der Waals surface area contributed by atoms with Gasteiger partial charge < -0.3 is 14.9 Å². The third kappa shape index (κ3) is 3.29. The number of carboxylic acids is 1. The molecule has 2 aromatic rings. The van der Waals surface area contributed by atoms with Gasteiger partial charge in [0.05, 0.1) is 12.0 Å². The lowest BCUT2D eigenvalue weighted by atomic mass is 9.96. The summed E-state index contributed by atoms with van der Waals surface area (Å²) in [6, 6.07) is 6.31. The van der Waals surface area contributed by atoms with Crippen molar-refractivity contribution in [2.24, 2.45) is 0 Å². The van der Waals surface area contributed by atoms with Gasteiger partial charge in [-0.2, -0.15) is 4.98 Å². The molecular formula is C17H19N3O4. The summed E-state index contributed by atoms with van der Waals surface area (Å²) < 4.78 is 5.07. The molecule has 1 amide bonds. The van der Waals surface area contributed by atoms with Crippen molar-refractivity contribution < 1.29 is 19.2 Å². The highest BCUT2D eigenvalue weighted by molar-refractivity contribution is 5.87. The van der Waals surface area contributed by atoms with Crippen molar-refractivity contribution in [1.29, 1.82) is 0 Å². The first-order valence-electron chi connectivity index (χ1n) is 7.92. The molecule has 1 saturated carbocycles. The van der Waals surface area contributed by atoms with Crippen LogP contribution in [-0.4, -0.2) is 27.1 Å². The standard InChI is InChI=1S/C17H19N3O4/c1-11-18-16(20-24-11)17(8-2-3-9-17)19-14(21)10-12-4-6-13(7-5-12)15(22)23/h4-7H,2-3,8-10H2,1H3,(H,19,21)(H,22,23). The number of aromatic nitrogens is 2. The maximum Gasteiger partial charge on any atom is 0.335 e. The van der Waals surface area contributed by atoms with E-state index in [1.165, 1.54) is 12.1 Å². The van der Waals surface area contributed by atoms with Crippen molar-refractivity contribution in [2.75, 3.05) is 0 Å². The van der Waals surface area contributed by atoms with Gasteiger partial charge in [-0.1, -0.05) is 30.1 Å². The van der Waals surface area contributed by atoms with E-state index in [1.807, 2.05) is 0 Å². The maximum absolute atomic E-state index is 12.5. The lowest BCUT2D eigenvalue weighted by Crippen LogP contribution is -2.45. The van der Waals surface area contributed by atoms with E-state index in [0.717, 1.165) is 31.2 Å². The summed E-state index contributed by atoms with van der Waals surface area (Å²) in [6.07, 6.45) is 3.76. The fraction of sp³-hybridized carbons (Fsp3) is 0.412. The summed E-state index contributed by atoms with van der Waals surface area (Å²) in [5, 5.41) is 16.0. The molecule has 3 rings (SSSR count). The molecule has 0 atom stereocenters. The minimum Gasteiger partial charge on any atom is -0.478 e. The van der Waals surface area contributed by atoms with Gasteiger partial charge in [0.25, 0.3) is 0 Å². The second-order valence-electron chi connectivity index (χ2n) is 6.15. The summed E-state index contributed by atoms with van der Waals surface area (Å²) in [5.41, 5.74) is 0.402. The Bertz CT molecular complexity index is 745. The molecule has 1 fully saturated rings. The first-order valence-corrected chi connectivity index (χ1v) is 7.92. The van der Waals surface area contributed by atoms with E-state index in [9.17, 15) is 9.59 Å². The fourth-order valence-electron chi connectivity index (χ4n) is 3.14. The second kappa shape index (κ2) is 6.43. The molecule has 0 radical (unpaired) electrons. The van der Waals surface area contributed by atoms with Crippen LogP contribution in [0.3, 0.4) is 0 Å². The molecule has 0 aliphatic heterocycles. The zero-order valence-corrected chi connectivity index (χ0v) is 13.4. The van der Waals surface area contributed by atoms with Crippen LogP contribution < -0.4 is 5.32 Å². The number of aromatic carboxylic acids is 1. The van der Waals surface area contributed by atoms with E-state index in [0.29, 0.717) is 11.7 Å². The van der Waals surface area contributed by atoms with Gasteiger partial charge in [-0.05, 0) is 30.5 Å². The van der Waals surface area contributed by atoms with Gasteiger partial charge in [0, 0.05) is 6.92 Å². The Kier molecular flexibility index (Phi) is 4.33. The molecule has 0 spiro atoms. The Morgan fingerprint density at radius 3 is 2.46 bits per heavy atom. The molecule has 24 heavy (non-hydrogen) atoms. The summed E-state index contributed by atoms with van der Waals surface area (Å²) in [7, 11) is 0. The molecule has 1 aliphatic rings. The van der Waals surface area contributed by atoms with Gasteiger partial charge >= 0.3 is 5.97 Å². The van der Waals surface area contributed by atoms with Gasteiger partial charge in [-0.3, -0.25) is 4.79 Å². The Balaban J connectivity index is 1.71. The van der Waals surface area contributed by atoms with Crippen LogP contribution in [-0.2, 0) is 16.8 Å². The van der Waals surface area contributed by atoms with Crippen LogP contribution in [0.25, 0.3) is 0 Å². The van der Waals surface area contributed by atoms with E-state index in [2.05, 4.69) is 15.5 Å². The molecule has 1 heterocycles. The normalized spacial score (nSPS) is 16.0. The minimum absolute atomic E-state index is 0.137. The highest BCUT2D eigenvalue weighted by Gasteiger charge is 2.41. The number of carboxylic acid groups (broad SMARTS) is 1. The Hall–Kier alpha value is -2.70. The van der Waals surface area contributed by atoms with Crippen molar-refractivity contribution in [1.82, 2.24) is 15.5 Å². The third-order valence-electron chi connectivity index (χ3n) is 4.36. The summed E-state index contributed by atoms with van der Waals surface area (Å²) >= 11 is 0. The fourth-order valence-corrected chi connectivity index (χ4v) is 3.14. The Morgan fingerprint density at radius 2 is 1.92 bits per heavy atom. The summed E-state index contributed by atoms with van der Waals surface area (Å²) in [6.45, 7) is 1.73. The molecule has 1 aromatic heterocycles. The van der Waals surface area contributed by atoms with Crippen LogP contribution in [0.5, 0.6) is 0 Å². The van der Waals surface area contributed by atoms with Gasteiger partial charge in [0.2, 0.25) is 11.8 Å². The van der Waals surface area contributed by atoms with Crippen LogP contribution in [0, 0.1) is 6.92 Å². The number of hydrogen-bond donors (Lipinski definition) is 2. The van der Waals surface area contributed by atoms with Gasteiger partial charge in [0.1, 0.15) is 5.54 Å². The Labute approximate surface area is 139 Å². The molecule has 1 aliphatic carbocycles. The Morgan fingerprint density at radius 1 is 1.25 bits per heavy atom. The van der Waals surface area contributed by atoms with Gasteiger partial charge in [-0.25, -0.2) is 4.79 Å².